The van der Waals surface area contributed by atoms with Crippen LogP contribution in [-0.4, -0.2) is 22.3 Å². The molecule has 0 aromatic heterocycles. The molecule has 2 aliphatic rings. The molecule has 0 N–H and O–H groups in total. The minimum absolute atomic E-state index is 0.0168. The number of benzene rings is 2. The molecule has 1 saturated heterocycles. The van der Waals surface area contributed by atoms with Gasteiger partial charge in [0.25, 0.3) is 5.91 Å². The van der Waals surface area contributed by atoms with Crippen LogP contribution in [0.3, 0.4) is 0 Å². The summed E-state index contributed by atoms with van der Waals surface area (Å²) in [5.41, 5.74) is 1.64. The molecule has 2 aromatic rings. The standard InChI is InChI=1S/C26H24F2N4OS/c1-16-13-23(21(28)15-22(16)29-4)31-24(33)26(2,3)32(25(31)34)19-11-10-17(20(27)14-19)7-5-8-18-9-6-12-30-18/h6,10-15H,5,7-9H2,1-3H3. The predicted molar refractivity (Wildman–Crippen MR) is 135 cm³/mol. The molecule has 5 nitrogen and oxygen atoms in total. The number of amides is 1. The van der Waals surface area contributed by atoms with Crippen LogP contribution < -0.4 is 9.80 Å². The first kappa shape index (κ1) is 23.7. The summed E-state index contributed by atoms with van der Waals surface area (Å²) >= 11 is 5.59. The Bertz CT molecular complexity index is 1290. The van der Waals surface area contributed by atoms with Crippen LogP contribution in [0.15, 0.2) is 47.6 Å². The first-order valence-corrected chi connectivity index (χ1v) is 11.4. The van der Waals surface area contributed by atoms with Gasteiger partial charge in [0.2, 0.25) is 0 Å². The van der Waals surface area contributed by atoms with Crippen molar-refractivity contribution in [2.45, 2.75) is 52.0 Å². The molecule has 0 atom stereocenters. The highest BCUT2D eigenvalue weighted by atomic mass is 32.1. The van der Waals surface area contributed by atoms with Gasteiger partial charge in [-0.15, -0.1) is 0 Å². The van der Waals surface area contributed by atoms with Crippen molar-refractivity contribution in [1.29, 1.82) is 0 Å². The van der Waals surface area contributed by atoms with E-state index in [-0.39, 0.29) is 22.3 Å². The molecule has 1 amide bonds. The second-order valence-corrected chi connectivity index (χ2v) is 9.30. The van der Waals surface area contributed by atoms with Crippen molar-refractivity contribution in [2.75, 3.05) is 9.80 Å². The van der Waals surface area contributed by atoms with E-state index in [1.807, 2.05) is 6.08 Å². The second-order valence-electron chi connectivity index (χ2n) is 8.93. The summed E-state index contributed by atoms with van der Waals surface area (Å²) in [5, 5.41) is 0.0581. The SMILES string of the molecule is [C-]#[N+]c1cc(F)c(N2C(=O)C(C)(C)N(c3ccc(CCCC4=NC=CC4)c(F)c3)C2=S)cc1C. The largest absolute Gasteiger partial charge is 0.303 e. The van der Waals surface area contributed by atoms with E-state index in [1.54, 1.807) is 44.0 Å². The summed E-state index contributed by atoms with van der Waals surface area (Å²) in [5.74, 6) is -1.52. The lowest BCUT2D eigenvalue weighted by Gasteiger charge is -2.29. The lowest BCUT2D eigenvalue weighted by atomic mass is 10.0. The lowest BCUT2D eigenvalue weighted by Crippen LogP contribution is -2.44. The van der Waals surface area contributed by atoms with Crippen LogP contribution in [0.1, 0.15) is 44.2 Å². The van der Waals surface area contributed by atoms with Gasteiger partial charge in [0.15, 0.2) is 10.8 Å². The van der Waals surface area contributed by atoms with Gasteiger partial charge in [0, 0.05) is 24.0 Å². The summed E-state index contributed by atoms with van der Waals surface area (Å²) in [6, 6.07) is 7.37. The zero-order valence-corrected chi connectivity index (χ0v) is 20.0. The molecule has 1 fully saturated rings. The molecule has 0 bridgehead atoms. The van der Waals surface area contributed by atoms with Gasteiger partial charge in [-0.05, 0) is 87.6 Å². The fraction of sp³-hybridized carbons (Fsp3) is 0.308. The average molecular weight is 479 g/mol. The summed E-state index contributed by atoms with van der Waals surface area (Å²) in [6.45, 7) is 12.2. The summed E-state index contributed by atoms with van der Waals surface area (Å²) in [4.78, 5) is 23.6. The number of hydrogen-bond acceptors (Lipinski definition) is 3. The number of allylic oxidation sites excluding steroid dienone is 1. The van der Waals surface area contributed by atoms with E-state index in [4.69, 9.17) is 18.8 Å². The fourth-order valence-electron chi connectivity index (χ4n) is 4.32. The number of nitrogens with zero attached hydrogens (tertiary/aromatic N) is 4. The van der Waals surface area contributed by atoms with Gasteiger partial charge in [0.05, 0.1) is 12.3 Å². The second kappa shape index (κ2) is 9.07. The number of aliphatic imine (C=N–C) groups is 1. The van der Waals surface area contributed by atoms with Gasteiger partial charge in [-0.1, -0.05) is 12.1 Å². The summed E-state index contributed by atoms with van der Waals surface area (Å²) in [7, 11) is 0. The van der Waals surface area contributed by atoms with Crippen molar-refractivity contribution in [1.82, 2.24) is 0 Å². The van der Waals surface area contributed by atoms with Crippen molar-refractivity contribution in [2.24, 2.45) is 4.99 Å². The molecule has 2 heterocycles. The highest BCUT2D eigenvalue weighted by Gasteiger charge is 2.51. The van der Waals surface area contributed by atoms with Crippen molar-refractivity contribution in [3.8, 4) is 0 Å². The highest BCUT2D eigenvalue weighted by molar-refractivity contribution is 7.81. The molecule has 0 unspecified atom stereocenters. The normalized spacial score (nSPS) is 16.9. The molecule has 34 heavy (non-hydrogen) atoms. The molecule has 8 heteroatoms. The van der Waals surface area contributed by atoms with E-state index in [1.165, 1.54) is 12.1 Å². The Labute approximate surface area is 203 Å². The van der Waals surface area contributed by atoms with Crippen LogP contribution in [0.25, 0.3) is 4.85 Å². The van der Waals surface area contributed by atoms with E-state index >= 15 is 4.39 Å². The number of rotatable bonds is 6. The molecule has 2 aliphatic heterocycles. The zero-order valence-electron chi connectivity index (χ0n) is 19.2. The number of carbonyl (C=O) groups excluding carboxylic acids is 1. The smallest absolute Gasteiger partial charge is 0.259 e. The maximum atomic E-state index is 15.0. The first-order valence-electron chi connectivity index (χ1n) is 11.0. The summed E-state index contributed by atoms with van der Waals surface area (Å²) in [6.07, 6.45) is 6.83. The quantitative estimate of drug-likeness (QED) is 0.355. The Morgan fingerprint density at radius 2 is 1.94 bits per heavy atom. The maximum Gasteiger partial charge on any atom is 0.259 e. The van der Waals surface area contributed by atoms with E-state index in [0.717, 1.165) is 35.9 Å². The Morgan fingerprint density at radius 1 is 1.18 bits per heavy atom. The predicted octanol–water partition coefficient (Wildman–Crippen LogP) is 6.42. The monoisotopic (exact) mass is 478 g/mol. The Hall–Kier alpha value is -3.44. The molecule has 0 spiro atoms. The third-order valence-corrected chi connectivity index (χ3v) is 6.58. The molecule has 174 valence electrons. The molecule has 0 saturated carbocycles. The van der Waals surface area contributed by atoms with Gasteiger partial charge in [-0.2, -0.15) is 0 Å². The molecular formula is C26H24F2N4OS. The van der Waals surface area contributed by atoms with Crippen LogP contribution in [0, 0.1) is 25.1 Å². The third kappa shape index (κ3) is 4.12. The lowest BCUT2D eigenvalue weighted by molar-refractivity contribution is -0.120. The van der Waals surface area contributed by atoms with E-state index < -0.39 is 17.3 Å². The maximum absolute atomic E-state index is 15.0. The van der Waals surface area contributed by atoms with Gasteiger partial charge in [-0.25, -0.2) is 13.6 Å². The fourth-order valence-corrected chi connectivity index (χ4v) is 4.83. The Kier molecular flexibility index (Phi) is 6.32. The Morgan fingerprint density at radius 3 is 2.59 bits per heavy atom. The number of hydrogen-bond donors (Lipinski definition) is 0. The number of thiocarbonyl (C=S) groups is 1. The number of carbonyl (C=O) groups is 1. The van der Waals surface area contributed by atoms with E-state index in [9.17, 15) is 9.18 Å². The minimum atomic E-state index is -1.16. The third-order valence-electron chi connectivity index (χ3n) is 6.22. The van der Waals surface area contributed by atoms with Crippen LogP contribution >= 0.6 is 12.2 Å². The number of aryl methyl sites for hydroxylation is 2. The van der Waals surface area contributed by atoms with Crippen molar-refractivity contribution in [3.63, 3.8) is 0 Å². The average Bonchev–Trinajstić information content (AvgIpc) is 3.36. The molecule has 2 aromatic carbocycles. The van der Waals surface area contributed by atoms with Crippen LogP contribution in [0.2, 0.25) is 0 Å². The molecule has 0 aliphatic carbocycles. The number of anilines is 2. The minimum Gasteiger partial charge on any atom is -0.303 e. The van der Waals surface area contributed by atoms with Gasteiger partial charge in [-0.3, -0.25) is 14.7 Å². The van der Waals surface area contributed by atoms with Crippen LogP contribution in [0.5, 0.6) is 0 Å². The van der Waals surface area contributed by atoms with Crippen molar-refractivity contribution >= 4 is 46.0 Å². The van der Waals surface area contributed by atoms with Gasteiger partial charge < -0.3 is 4.90 Å². The van der Waals surface area contributed by atoms with Crippen molar-refractivity contribution in [3.05, 3.63) is 76.8 Å². The molecule has 0 radical (unpaired) electrons. The van der Waals surface area contributed by atoms with Gasteiger partial charge in [0.1, 0.15) is 17.2 Å². The Balaban J connectivity index is 1.60. The zero-order chi connectivity index (χ0) is 24.6. The van der Waals surface area contributed by atoms with Crippen LogP contribution in [-0.2, 0) is 11.2 Å². The van der Waals surface area contributed by atoms with E-state index in [2.05, 4.69) is 9.84 Å². The topological polar surface area (TPSA) is 40.3 Å². The van der Waals surface area contributed by atoms with Crippen molar-refractivity contribution < 1.29 is 13.6 Å². The van der Waals surface area contributed by atoms with Crippen LogP contribution in [0.4, 0.5) is 25.8 Å². The van der Waals surface area contributed by atoms with E-state index in [0.29, 0.717) is 23.2 Å². The number of halogens is 2. The molecule has 4 rings (SSSR count). The van der Waals surface area contributed by atoms with Gasteiger partial charge >= 0.3 is 0 Å². The first-order chi connectivity index (χ1) is 16.1. The molecular weight excluding hydrogens is 454 g/mol. The highest BCUT2D eigenvalue weighted by Crippen LogP contribution is 2.39. The summed E-state index contributed by atoms with van der Waals surface area (Å²) < 4.78 is 29.9.